The van der Waals surface area contributed by atoms with Gasteiger partial charge in [-0.3, -0.25) is 24.1 Å². The normalized spacial score (nSPS) is 19.0. The molecule has 0 aromatic heterocycles. The Kier molecular flexibility index (Phi) is 6.58. The lowest BCUT2D eigenvalue weighted by atomic mass is 9.98. The number of halogens is 1. The van der Waals surface area contributed by atoms with E-state index in [1.807, 2.05) is 0 Å². The second-order valence-electron chi connectivity index (χ2n) is 8.35. The molecule has 10 heteroatoms. The lowest BCUT2D eigenvalue weighted by molar-refractivity contribution is -0.120. The molecule has 2 aromatic rings. The van der Waals surface area contributed by atoms with Gasteiger partial charge in [-0.05, 0) is 43.7 Å². The summed E-state index contributed by atoms with van der Waals surface area (Å²) in [5, 5.41) is 5.59. The molecule has 4 amide bonds. The summed E-state index contributed by atoms with van der Waals surface area (Å²) in [6, 6.07) is 11.5. The Balaban J connectivity index is 1.50. The molecule has 2 aliphatic rings. The number of para-hydroxylation sites is 1. The van der Waals surface area contributed by atoms with Crippen molar-refractivity contribution in [3.63, 3.8) is 0 Å². The number of amides is 4. The molecule has 1 unspecified atom stereocenters. The minimum atomic E-state index is -0.929. The number of carbonyl (C=O) groups is 4. The minimum absolute atomic E-state index is 0.0843. The summed E-state index contributed by atoms with van der Waals surface area (Å²) < 4.78 is 4.90. The molecule has 34 heavy (non-hydrogen) atoms. The summed E-state index contributed by atoms with van der Waals surface area (Å²) in [5.74, 6) is -1.18. The van der Waals surface area contributed by atoms with E-state index >= 15 is 0 Å². The third-order valence-electron chi connectivity index (χ3n) is 6.14. The number of fused-ring (bicyclic) bond motifs is 3. The first-order chi connectivity index (χ1) is 16.3. The molecule has 1 saturated heterocycles. The summed E-state index contributed by atoms with van der Waals surface area (Å²) in [5.41, 5.74) is 0.681. The first-order valence-corrected chi connectivity index (χ1v) is 11.2. The third kappa shape index (κ3) is 4.24. The van der Waals surface area contributed by atoms with Gasteiger partial charge in [-0.1, -0.05) is 23.7 Å². The van der Waals surface area contributed by atoms with Crippen LogP contribution >= 0.6 is 11.6 Å². The highest BCUT2D eigenvalue weighted by molar-refractivity contribution is 6.34. The van der Waals surface area contributed by atoms with Crippen LogP contribution in [0.25, 0.3) is 0 Å². The summed E-state index contributed by atoms with van der Waals surface area (Å²) in [6.07, 6.45) is 0.720. The monoisotopic (exact) mass is 484 g/mol. The van der Waals surface area contributed by atoms with Crippen LogP contribution in [0.3, 0.4) is 0 Å². The molecule has 2 aliphatic heterocycles. The fourth-order valence-electron chi connectivity index (χ4n) is 4.42. The maximum absolute atomic E-state index is 13.3. The molecule has 2 aromatic carbocycles. The van der Waals surface area contributed by atoms with Gasteiger partial charge in [0.25, 0.3) is 11.8 Å². The molecule has 178 valence electrons. The molecule has 0 saturated carbocycles. The molecular weight excluding hydrogens is 460 g/mol. The number of hydrogen-bond donors (Lipinski definition) is 2. The maximum atomic E-state index is 13.3. The van der Waals surface area contributed by atoms with Crippen LogP contribution < -0.4 is 15.5 Å². The smallest absolute Gasteiger partial charge is 0.258 e. The molecule has 2 heterocycles. The molecule has 0 radical (unpaired) electrons. The van der Waals surface area contributed by atoms with Gasteiger partial charge >= 0.3 is 0 Å². The lowest BCUT2D eigenvalue weighted by Crippen LogP contribution is -2.63. The summed E-state index contributed by atoms with van der Waals surface area (Å²) >= 11 is 6.25. The van der Waals surface area contributed by atoms with Gasteiger partial charge in [0.2, 0.25) is 11.8 Å². The van der Waals surface area contributed by atoms with E-state index in [9.17, 15) is 19.2 Å². The van der Waals surface area contributed by atoms with Gasteiger partial charge in [0, 0.05) is 25.8 Å². The number of rotatable bonds is 7. The second kappa shape index (κ2) is 9.44. The Morgan fingerprint density at radius 1 is 1.18 bits per heavy atom. The number of nitrogens with zero attached hydrogens (tertiary/aromatic N) is 2. The predicted molar refractivity (Wildman–Crippen MR) is 127 cm³/mol. The molecule has 4 rings (SSSR count). The molecular formula is C24H25ClN4O5. The summed E-state index contributed by atoms with van der Waals surface area (Å²) in [7, 11) is 1.54. The minimum Gasteiger partial charge on any atom is -0.383 e. The number of nitrogens with one attached hydrogen (secondary N) is 2. The molecule has 1 fully saturated rings. The zero-order chi connectivity index (χ0) is 24.5. The Morgan fingerprint density at radius 3 is 2.68 bits per heavy atom. The zero-order valence-electron chi connectivity index (χ0n) is 18.9. The van der Waals surface area contributed by atoms with E-state index in [0.29, 0.717) is 42.9 Å². The number of ether oxygens (including phenoxy) is 1. The zero-order valence-corrected chi connectivity index (χ0v) is 19.6. The third-order valence-corrected chi connectivity index (χ3v) is 6.45. The quantitative estimate of drug-likeness (QED) is 0.587. The topological polar surface area (TPSA) is 108 Å². The van der Waals surface area contributed by atoms with Crippen LogP contribution in [-0.2, 0) is 14.3 Å². The van der Waals surface area contributed by atoms with E-state index in [2.05, 4.69) is 10.6 Å². The highest BCUT2D eigenvalue weighted by atomic mass is 35.5. The number of carbonyl (C=O) groups excluding carboxylic acids is 4. The van der Waals surface area contributed by atoms with Crippen molar-refractivity contribution in [1.29, 1.82) is 0 Å². The van der Waals surface area contributed by atoms with Crippen LogP contribution in [0.5, 0.6) is 0 Å². The van der Waals surface area contributed by atoms with Crippen molar-refractivity contribution in [2.24, 2.45) is 0 Å². The molecule has 1 atom stereocenters. The fraction of sp³-hybridized carbons (Fsp3) is 0.333. The second-order valence-corrected chi connectivity index (χ2v) is 8.75. The molecule has 0 bridgehead atoms. The average molecular weight is 485 g/mol. The maximum Gasteiger partial charge on any atom is 0.258 e. The lowest BCUT2D eigenvalue weighted by Gasteiger charge is -2.48. The summed E-state index contributed by atoms with van der Waals surface area (Å²) in [6.45, 7) is 2.27. The predicted octanol–water partition coefficient (Wildman–Crippen LogP) is 2.65. The van der Waals surface area contributed by atoms with Crippen molar-refractivity contribution in [3.8, 4) is 0 Å². The van der Waals surface area contributed by atoms with E-state index in [4.69, 9.17) is 16.3 Å². The van der Waals surface area contributed by atoms with Gasteiger partial charge in [-0.2, -0.15) is 0 Å². The van der Waals surface area contributed by atoms with E-state index < -0.39 is 11.6 Å². The average Bonchev–Trinajstić information content (AvgIpc) is 3.12. The van der Waals surface area contributed by atoms with E-state index in [1.165, 1.54) is 24.1 Å². The van der Waals surface area contributed by atoms with Crippen LogP contribution in [0.15, 0.2) is 42.5 Å². The highest BCUT2D eigenvalue weighted by Gasteiger charge is 2.53. The van der Waals surface area contributed by atoms with E-state index in [-0.39, 0.29) is 34.9 Å². The van der Waals surface area contributed by atoms with Crippen LogP contribution in [0.2, 0.25) is 5.02 Å². The van der Waals surface area contributed by atoms with Crippen molar-refractivity contribution >= 4 is 46.6 Å². The van der Waals surface area contributed by atoms with Crippen molar-refractivity contribution in [2.45, 2.75) is 25.4 Å². The first kappa shape index (κ1) is 23.7. The highest BCUT2D eigenvalue weighted by Crippen LogP contribution is 2.43. The Morgan fingerprint density at radius 2 is 1.94 bits per heavy atom. The Hall–Kier alpha value is -3.43. The van der Waals surface area contributed by atoms with Crippen molar-refractivity contribution in [1.82, 2.24) is 10.2 Å². The van der Waals surface area contributed by atoms with E-state index in [0.717, 1.165) is 0 Å². The van der Waals surface area contributed by atoms with Crippen LogP contribution in [0.4, 0.5) is 11.4 Å². The molecule has 2 N–H and O–H groups in total. The molecule has 9 nitrogen and oxygen atoms in total. The fourth-order valence-corrected chi connectivity index (χ4v) is 4.69. The number of benzene rings is 2. The van der Waals surface area contributed by atoms with Gasteiger partial charge in [-0.15, -0.1) is 0 Å². The van der Waals surface area contributed by atoms with Gasteiger partial charge in [0.05, 0.1) is 28.4 Å². The van der Waals surface area contributed by atoms with Gasteiger partial charge in [0.15, 0.2) is 0 Å². The molecule has 0 aliphatic carbocycles. The van der Waals surface area contributed by atoms with E-state index in [1.54, 1.807) is 42.2 Å². The first-order valence-electron chi connectivity index (χ1n) is 10.9. The molecule has 0 spiro atoms. The van der Waals surface area contributed by atoms with Crippen LogP contribution in [-0.4, -0.2) is 61.0 Å². The van der Waals surface area contributed by atoms with Crippen molar-refractivity contribution in [3.05, 3.63) is 58.6 Å². The van der Waals surface area contributed by atoms with Crippen molar-refractivity contribution in [2.75, 3.05) is 37.0 Å². The largest absolute Gasteiger partial charge is 0.383 e. The summed E-state index contributed by atoms with van der Waals surface area (Å²) in [4.78, 5) is 54.1. The number of hydrogen-bond acceptors (Lipinski definition) is 5. The van der Waals surface area contributed by atoms with Gasteiger partial charge < -0.3 is 20.3 Å². The standard InChI is InChI=1S/C24H25ClN4O5/c1-24-10-9-21(31)29(24)19-6-4-3-5-17(19)23(33)28(24)14-20(30)27-15-7-8-16(18(25)13-15)22(32)26-11-12-34-2/h3-8,13H,9-12,14H2,1-2H3,(H,26,32)(H,27,30). The SMILES string of the molecule is COCCNC(=O)c1ccc(NC(=O)CN2C(=O)c3ccccc3N3C(=O)CCC23C)cc1Cl. The number of methoxy groups -OCH3 is 1. The Labute approximate surface area is 202 Å². The van der Waals surface area contributed by atoms with Gasteiger partial charge in [0.1, 0.15) is 12.2 Å². The number of anilines is 2. The Bertz CT molecular complexity index is 1170. The van der Waals surface area contributed by atoms with Gasteiger partial charge in [-0.25, -0.2) is 0 Å². The van der Waals surface area contributed by atoms with Crippen LogP contribution in [0.1, 0.15) is 40.5 Å². The van der Waals surface area contributed by atoms with Crippen molar-refractivity contribution < 1.29 is 23.9 Å². The van der Waals surface area contributed by atoms with Crippen LogP contribution in [0, 0.1) is 0 Å².